The lowest BCUT2D eigenvalue weighted by atomic mass is 10.2. The van der Waals surface area contributed by atoms with E-state index in [1.807, 2.05) is 30.3 Å². The van der Waals surface area contributed by atoms with Crippen molar-refractivity contribution in [2.24, 2.45) is 0 Å². The molecule has 0 amide bonds. The molecule has 1 N–H and O–H groups in total. The molecule has 0 bridgehead atoms. The lowest BCUT2D eigenvalue weighted by Gasteiger charge is -2.06. The number of hydrogen-bond donors (Lipinski definition) is 1. The molecule has 0 saturated heterocycles. The number of carbonyl (C=O) groups excluding carboxylic acids is 1. The summed E-state index contributed by atoms with van der Waals surface area (Å²) >= 11 is 1.05. The smallest absolute Gasteiger partial charge is 0.338 e. The number of benzene rings is 1. The summed E-state index contributed by atoms with van der Waals surface area (Å²) in [5.74, 6) is -1.46. The maximum Gasteiger partial charge on any atom is 0.338 e. The number of ether oxygens (including phenoxy) is 1. The molecule has 0 saturated carbocycles. The number of pyridine rings is 1. The van der Waals surface area contributed by atoms with Gasteiger partial charge in [-0.3, -0.25) is 4.79 Å². The van der Waals surface area contributed by atoms with Crippen molar-refractivity contribution >= 4 is 23.7 Å². The van der Waals surface area contributed by atoms with Crippen LogP contribution in [-0.2, 0) is 16.1 Å². The molecule has 2 rings (SSSR count). The Morgan fingerprint density at radius 1 is 1.14 bits per heavy atom. The van der Waals surface area contributed by atoms with Crippen LogP contribution in [0.15, 0.2) is 53.7 Å². The van der Waals surface area contributed by atoms with Gasteiger partial charge < -0.3 is 9.84 Å². The number of nitrogens with zero attached hydrogens (tertiary/aromatic N) is 1. The Morgan fingerprint density at radius 3 is 2.62 bits per heavy atom. The Bertz CT molecular complexity index is 631. The maximum absolute atomic E-state index is 11.7. The van der Waals surface area contributed by atoms with E-state index in [1.165, 1.54) is 12.3 Å². The van der Waals surface area contributed by atoms with Gasteiger partial charge in [-0.25, -0.2) is 9.78 Å². The maximum atomic E-state index is 11.7. The zero-order valence-corrected chi connectivity index (χ0v) is 11.9. The highest BCUT2D eigenvalue weighted by molar-refractivity contribution is 8.00. The molecule has 1 aromatic carbocycles. The minimum absolute atomic E-state index is 0.0180. The van der Waals surface area contributed by atoms with Crippen LogP contribution >= 0.6 is 11.8 Å². The zero-order chi connectivity index (χ0) is 15.1. The number of aromatic nitrogens is 1. The van der Waals surface area contributed by atoms with Crippen molar-refractivity contribution in [1.29, 1.82) is 0 Å². The summed E-state index contributed by atoms with van der Waals surface area (Å²) in [6.07, 6.45) is 1.49. The van der Waals surface area contributed by atoms with Crippen molar-refractivity contribution in [3.05, 3.63) is 59.8 Å². The molecule has 1 aromatic heterocycles. The quantitative estimate of drug-likeness (QED) is 0.653. The normalized spacial score (nSPS) is 10.1. The number of esters is 1. The fourth-order valence-corrected chi connectivity index (χ4v) is 2.36. The molecular weight excluding hydrogens is 290 g/mol. The Kier molecular flexibility index (Phi) is 5.34. The highest BCUT2D eigenvalue weighted by Crippen LogP contribution is 2.20. The van der Waals surface area contributed by atoms with E-state index in [0.29, 0.717) is 5.03 Å². The molecule has 0 atom stereocenters. The van der Waals surface area contributed by atoms with Gasteiger partial charge in [-0.2, -0.15) is 0 Å². The first kappa shape index (κ1) is 15.1. The van der Waals surface area contributed by atoms with Crippen molar-refractivity contribution < 1.29 is 19.4 Å². The van der Waals surface area contributed by atoms with Crippen molar-refractivity contribution in [2.45, 2.75) is 11.6 Å². The highest BCUT2D eigenvalue weighted by Gasteiger charge is 2.13. The molecule has 6 heteroatoms. The van der Waals surface area contributed by atoms with Gasteiger partial charge in [-0.05, 0) is 17.7 Å². The van der Waals surface area contributed by atoms with Crippen LogP contribution in [0.5, 0.6) is 0 Å². The van der Waals surface area contributed by atoms with Crippen LogP contribution in [0, 0.1) is 0 Å². The van der Waals surface area contributed by atoms with E-state index in [0.717, 1.165) is 17.3 Å². The van der Waals surface area contributed by atoms with Crippen LogP contribution in [0.4, 0.5) is 0 Å². The third-order valence-corrected chi connectivity index (χ3v) is 3.55. The lowest BCUT2D eigenvalue weighted by molar-refractivity contribution is -0.141. The van der Waals surface area contributed by atoms with Gasteiger partial charge in [0.15, 0.2) is 0 Å². The van der Waals surface area contributed by atoms with Crippen LogP contribution in [0.1, 0.15) is 15.9 Å². The number of thioether (sulfide) groups is 1. The average Bonchev–Trinajstić information content (AvgIpc) is 2.52. The topological polar surface area (TPSA) is 76.5 Å². The molecule has 108 valence electrons. The van der Waals surface area contributed by atoms with E-state index in [4.69, 9.17) is 9.84 Å². The molecule has 0 fully saturated rings. The van der Waals surface area contributed by atoms with Crippen molar-refractivity contribution in [3.63, 3.8) is 0 Å². The summed E-state index contributed by atoms with van der Waals surface area (Å²) in [6.45, 7) is 0.203. The van der Waals surface area contributed by atoms with Gasteiger partial charge in [0.05, 0.1) is 11.3 Å². The van der Waals surface area contributed by atoms with Gasteiger partial charge in [0, 0.05) is 6.20 Å². The van der Waals surface area contributed by atoms with Gasteiger partial charge >= 0.3 is 11.9 Å². The van der Waals surface area contributed by atoms with E-state index in [1.54, 1.807) is 6.07 Å². The monoisotopic (exact) mass is 303 g/mol. The largest absolute Gasteiger partial charge is 0.478 e. The molecule has 0 aliphatic carbocycles. The Balaban J connectivity index is 1.86. The molecule has 1 heterocycles. The first-order valence-electron chi connectivity index (χ1n) is 6.17. The molecule has 0 spiro atoms. The third kappa shape index (κ3) is 4.61. The van der Waals surface area contributed by atoms with Crippen LogP contribution in [0.2, 0.25) is 0 Å². The van der Waals surface area contributed by atoms with E-state index in [-0.39, 0.29) is 17.9 Å². The number of carboxylic acids is 1. The molecular formula is C15H13NO4S. The minimum atomic E-state index is -1.07. The van der Waals surface area contributed by atoms with Crippen LogP contribution in [-0.4, -0.2) is 27.8 Å². The third-order valence-electron chi connectivity index (χ3n) is 2.57. The average molecular weight is 303 g/mol. The van der Waals surface area contributed by atoms with E-state index < -0.39 is 11.9 Å². The Morgan fingerprint density at radius 2 is 1.90 bits per heavy atom. The fourth-order valence-electron chi connectivity index (χ4n) is 1.58. The summed E-state index contributed by atoms with van der Waals surface area (Å²) in [4.78, 5) is 26.6. The summed E-state index contributed by atoms with van der Waals surface area (Å²) in [5, 5.41) is 9.32. The molecule has 0 radical (unpaired) electrons. The number of rotatable bonds is 6. The van der Waals surface area contributed by atoms with Gasteiger partial charge in [0.1, 0.15) is 11.6 Å². The minimum Gasteiger partial charge on any atom is -0.478 e. The fraction of sp³-hybridized carbons (Fsp3) is 0.133. The number of hydrogen-bond acceptors (Lipinski definition) is 5. The zero-order valence-electron chi connectivity index (χ0n) is 11.1. The first-order chi connectivity index (χ1) is 10.2. The van der Waals surface area contributed by atoms with E-state index >= 15 is 0 Å². The molecule has 0 aliphatic rings. The molecule has 0 unspecified atom stereocenters. The molecule has 5 nitrogen and oxygen atoms in total. The van der Waals surface area contributed by atoms with Gasteiger partial charge in [-0.1, -0.05) is 42.1 Å². The molecule has 2 aromatic rings. The summed E-state index contributed by atoms with van der Waals surface area (Å²) in [6, 6.07) is 12.3. The number of carbonyl (C=O) groups is 2. The van der Waals surface area contributed by atoms with E-state index in [2.05, 4.69) is 4.98 Å². The van der Waals surface area contributed by atoms with Gasteiger partial charge in [0.2, 0.25) is 0 Å². The molecule has 0 aliphatic heterocycles. The van der Waals surface area contributed by atoms with Crippen molar-refractivity contribution in [3.8, 4) is 0 Å². The van der Waals surface area contributed by atoms with Crippen LogP contribution in [0.25, 0.3) is 0 Å². The molecule has 21 heavy (non-hydrogen) atoms. The van der Waals surface area contributed by atoms with Gasteiger partial charge in [0.25, 0.3) is 0 Å². The highest BCUT2D eigenvalue weighted by atomic mass is 32.2. The SMILES string of the molecule is O=C(CSc1ncccc1C(=O)O)OCc1ccccc1. The van der Waals surface area contributed by atoms with Gasteiger partial charge in [-0.15, -0.1) is 0 Å². The Hall–Kier alpha value is -2.34. The summed E-state index contributed by atoms with van der Waals surface area (Å²) in [7, 11) is 0. The summed E-state index contributed by atoms with van der Waals surface area (Å²) < 4.78 is 5.12. The van der Waals surface area contributed by atoms with Crippen LogP contribution in [0.3, 0.4) is 0 Å². The first-order valence-corrected chi connectivity index (χ1v) is 7.16. The summed E-state index contributed by atoms with van der Waals surface area (Å²) in [5.41, 5.74) is 0.985. The van der Waals surface area contributed by atoms with Crippen LogP contribution < -0.4 is 0 Å². The second kappa shape index (κ2) is 7.44. The van der Waals surface area contributed by atoms with Crippen molar-refractivity contribution in [2.75, 3.05) is 5.75 Å². The Labute approximate surface area is 126 Å². The predicted molar refractivity (Wildman–Crippen MR) is 78.2 cm³/mol. The van der Waals surface area contributed by atoms with E-state index in [9.17, 15) is 9.59 Å². The second-order valence-electron chi connectivity index (χ2n) is 4.10. The standard InChI is InChI=1S/C15H13NO4S/c17-13(20-9-11-5-2-1-3-6-11)10-21-14-12(15(18)19)7-4-8-16-14/h1-8H,9-10H2,(H,18,19). The number of carboxylic acid groups (broad SMARTS) is 1. The van der Waals surface area contributed by atoms with Crippen molar-refractivity contribution in [1.82, 2.24) is 4.98 Å². The number of aromatic carboxylic acids is 1. The predicted octanol–water partition coefficient (Wildman–Crippen LogP) is 2.62. The second-order valence-corrected chi connectivity index (χ2v) is 5.06. The lowest BCUT2D eigenvalue weighted by Crippen LogP contribution is -2.08.